The van der Waals surface area contributed by atoms with Crippen molar-refractivity contribution in [3.8, 4) is 0 Å². The number of hydrogen-bond acceptors (Lipinski definition) is 5. The van der Waals surface area contributed by atoms with Gasteiger partial charge in [0.25, 0.3) is 5.91 Å². The molecular formula is C20H22N6O. The third kappa shape index (κ3) is 3.04. The first kappa shape index (κ1) is 16.3. The Labute approximate surface area is 157 Å². The first-order valence-corrected chi connectivity index (χ1v) is 9.40. The van der Waals surface area contributed by atoms with Crippen molar-refractivity contribution in [2.75, 3.05) is 44.2 Å². The quantitative estimate of drug-likeness (QED) is 0.767. The Balaban J connectivity index is 1.16. The Kier molecular flexibility index (Phi) is 4.01. The molecule has 0 bridgehead atoms. The number of rotatable bonds is 3. The molecule has 138 valence electrons. The summed E-state index contributed by atoms with van der Waals surface area (Å²) in [6, 6.07) is 10.2. The second kappa shape index (κ2) is 6.66. The zero-order valence-electron chi connectivity index (χ0n) is 15.1. The lowest BCUT2D eigenvalue weighted by molar-refractivity contribution is 0.0246. The third-order valence-corrected chi connectivity index (χ3v) is 5.62. The number of carbonyl (C=O) groups is 1. The van der Waals surface area contributed by atoms with Gasteiger partial charge in [-0.3, -0.25) is 9.69 Å². The fraction of sp³-hybridized carbons (Fsp3) is 0.350. The van der Waals surface area contributed by atoms with Crippen LogP contribution in [0.4, 0.5) is 5.95 Å². The van der Waals surface area contributed by atoms with Crippen molar-refractivity contribution in [3.63, 3.8) is 0 Å². The molecule has 1 N–H and O–H groups in total. The number of anilines is 1. The summed E-state index contributed by atoms with van der Waals surface area (Å²) < 4.78 is 0. The van der Waals surface area contributed by atoms with Crippen molar-refractivity contribution in [2.45, 2.75) is 6.04 Å². The van der Waals surface area contributed by atoms with Crippen LogP contribution in [0.3, 0.4) is 0 Å². The van der Waals surface area contributed by atoms with Crippen molar-refractivity contribution >= 4 is 22.8 Å². The second-order valence-electron chi connectivity index (χ2n) is 7.22. The molecule has 2 aromatic heterocycles. The molecule has 2 fully saturated rings. The molecule has 0 atom stereocenters. The maximum absolute atomic E-state index is 12.7. The van der Waals surface area contributed by atoms with E-state index in [1.165, 1.54) is 0 Å². The van der Waals surface area contributed by atoms with Crippen LogP contribution < -0.4 is 4.90 Å². The Hall–Kier alpha value is -2.93. The monoisotopic (exact) mass is 362 g/mol. The Morgan fingerprint density at radius 1 is 1.04 bits per heavy atom. The van der Waals surface area contributed by atoms with Crippen molar-refractivity contribution in [3.05, 3.63) is 54.5 Å². The average molecular weight is 362 g/mol. The molecule has 0 saturated carbocycles. The minimum Gasteiger partial charge on any atom is -0.361 e. The lowest BCUT2D eigenvalue weighted by Crippen LogP contribution is -2.64. The van der Waals surface area contributed by atoms with Crippen LogP contribution in [0.25, 0.3) is 10.9 Å². The van der Waals surface area contributed by atoms with Crippen LogP contribution in [0.5, 0.6) is 0 Å². The summed E-state index contributed by atoms with van der Waals surface area (Å²) in [5.74, 6) is 0.932. The molecule has 0 spiro atoms. The van der Waals surface area contributed by atoms with Gasteiger partial charge in [0.15, 0.2) is 0 Å². The van der Waals surface area contributed by atoms with Gasteiger partial charge in [0.05, 0.1) is 0 Å². The van der Waals surface area contributed by atoms with Crippen LogP contribution in [0.2, 0.25) is 0 Å². The van der Waals surface area contributed by atoms with E-state index in [9.17, 15) is 4.79 Å². The topological polar surface area (TPSA) is 68.4 Å². The minimum absolute atomic E-state index is 0.124. The summed E-state index contributed by atoms with van der Waals surface area (Å²) in [6.07, 6.45) is 5.47. The highest BCUT2D eigenvalue weighted by atomic mass is 16.2. The Morgan fingerprint density at radius 2 is 1.81 bits per heavy atom. The lowest BCUT2D eigenvalue weighted by Gasteiger charge is -2.48. The molecule has 0 unspecified atom stereocenters. The van der Waals surface area contributed by atoms with E-state index in [0.717, 1.165) is 61.7 Å². The summed E-state index contributed by atoms with van der Waals surface area (Å²) in [7, 11) is 0. The van der Waals surface area contributed by atoms with Crippen molar-refractivity contribution < 1.29 is 4.79 Å². The standard InChI is InChI=1S/C20H22N6O/c27-19(16-3-2-15-4-7-21-18(15)12-16)26-13-17(14-26)24-8-10-25(11-9-24)20-22-5-1-6-23-20/h1-7,12,17,21H,8-11,13-14H2. The fourth-order valence-corrected chi connectivity index (χ4v) is 3.96. The van der Waals surface area contributed by atoms with Crippen molar-refractivity contribution in [1.29, 1.82) is 0 Å². The van der Waals surface area contributed by atoms with Crippen LogP contribution in [0, 0.1) is 0 Å². The van der Waals surface area contributed by atoms with Gasteiger partial charge >= 0.3 is 0 Å². The molecule has 2 aliphatic heterocycles. The first-order chi connectivity index (χ1) is 13.3. The van der Waals surface area contributed by atoms with Gasteiger partial charge in [-0.15, -0.1) is 0 Å². The average Bonchev–Trinajstić information content (AvgIpc) is 3.16. The minimum atomic E-state index is 0.124. The molecule has 0 radical (unpaired) electrons. The normalized spacial score (nSPS) is 18.7. The Morgan fingerprint density at radius 3 is 2.59 bits per heavy atom. The van der Waals surface area contributed by atoms with Gasteiger partial charge in [0.2, 0.25) is 5.95 Å². The summed E-state index contributed by atoms with van der Waals surface area (Å²) in [5, 5.41) is 1.13. The van der Waals surface area contributed by atoms with E-state index in [2.05, 4.69) is 24.8 Å². The zero-order valence-corrected chi connectivity index (χ0v) is 15.1. The van der Waals surface area contributed by atoms with Gasteiger partial charge in [0, 0.05) is 75.0 Å². The molecule has 5 rings (SSSR count). The summed E-state index contributed by atoms with van der Waals surface area (Å²) in [4.78, 5) is 31.2. The highest BCUT2D eigenvalue weighted by Gasteiger charge is 2.36. The molecule has 7 nitrogen and oxygen atoms in total. The number of amides is 1. The molecule has 2 aliphatic rings. The smallest absolute Gasteiger partial charge is 0.254 e. The summed E-state index contributed by atoms with van der Waals surface area (Å²) in [6.45, 7) is 5.45. The lowest BCUT2D eigenvalue weighted by atomic mass is 10.0. The number of aromatic nitrogens is 3. The van der Waals surface area contributed by atoms with Gasteiger partial charge < -0.3 is 14.8 Å². The molecule has 1 amide bonds. The maximum atomic E-state index is 12.7. The molecule has 27 heavy (non-hydrogen) atoms. The van der Waals surface area contributed by atoms with Gasteiger partial charge in [-0.25, -0.2) is 9.97 Å². The summed E-state index contributed by atoms with van der Waals surface area (Å²) in [5.41, 5.74) is 1.77. The SMILES string of the molecule is O=C(c1ccc2cc[nH]c2c1)N1CC(N2CCN(c3ncccn3)CC2)C1. The number of benzene rings is 1. The largest absolute Gasteiger partial charge is 0.361 e. The van der Waals surface area contributed by atoms with E-state index < -0.39 is 0 Å². The van der Waals surface area contributed by atoms with E-state index in [1.807, 2.05) is 41.4 Å². The number of aromatic amines is 1. The highest BCUT2D eigenvalue weighted by Crippen LogP contribution is 2.22. The molecule has 7 heteroatoms. The van der Waals surface area contributed by atoms with Crippen molar-refractivity contribution in [2.24, 2.45) is 0 Å². The molecule has 2 saturated heterocycles. The van der Waals surface area contributed by atoms with Gasteiger partial charge in [0.1, 0.15) is 0 Å². The van der Waals surface area contributed by atoms with Crippen molar-refractivity contribution in [1.82, 2.24) is 24.8 Å². The fourth-order valence-electron chi connectivity index (χ4n) is 3.96. The van der Waals surface area contributed by atoms with E-state index in [-0.39, 0.29) is 5.91 Å². The third-order valence-electron chi connectivity index (χ3n) is 5.62. The highest BCUT2D eigenvalue weighted by molar-refractivity contribution is 5.98. The maximum Gasteiger partial charge on any atom is 0.254 e. The first-order valence-electron chi connectivity index (χ1n) is 9.40. The number of piperazine rings is 1. The zero-order chi connectivity index (χ0) is 18.2. The number of hydrogen-bond donors (Lipinski definition) is 1. The second-order valence-corrected chi connectivity index (χ2v) is 7.22. The van der Waals surface area contributed by atoms with E-state index in [0.29, 0.717) is 6.04 Å². The number of H-pyrrole nitrogens is 1. The number of likely N-dealkylation sites (tertiary alicyclic amines) is 1. The molecular weight excluding hydrogens is 340 g/mol. The van der Waals surface area contributed by atoms with Gasteiger partial charge in [-0.05, 0) is 29.7 Å². The molecule has 4 heterocycles. The number of carbonyl (C=O) groups excluding carboxylic acids is 1. The number of nitrogens with one attached hydrogen (secondary N) is 1. The molecule has 1 aromatic carbocycles. The van der Waals surface area contributed by atoms with Crippen LogP contribution in [-0.2, 0) is 0 Å². The predicted octanol–water partition coefficient (Wildman–Crippen LogP) is 1.60. The van der Waals surface area contributed by atoms with E-state index in [4.69, 9.17) is 0 Å². The van der Waals surface area contributed by atoms with E-state index in [1.54, 1.807) is 12.4 Å². The predicted molar refractivity (Wildman–Crippen MR) is 104 cm³/mol. The van der Waals surface area contributed by atoms with Crippen LogP contribution in [0.15, 0.2) is 48.9 Å². The van der Waals surface area contributed by atoms with Gasteiger partial charge in [-0.2, -0.15) is 0 Å². The number of nitrogens with zero attached hydrogens (tertiary/aromatic N) is 5. The van der Waals surface area contributed by atoms with Crippen LogP contribution >= 0.6 is 0 Å². The van der Waals surface area contributed by atoms with Gasteiger partial charge in [-0.1, -0.05) is 6.07 Å². The number of fused-ring (bicyclic) bond motifs is 1. The Bertz CT molecular complexity index is 941. The van der Waals surface area contributed by atoms with Crippen LogP contribution in [-0.4, -0.2) is 76.0 Å². The summed E-state index contributed by atoms with van der Waals surface area (Å²) >= 11 is 0. The molecule has 0 aliphatic carbocycles. The van der Waals surface area contributed by atoms with E-state index >= 15 is 0 Å². The van der Waals surface area contributed by atoms with Crippen LogP contribution in [0.1, 0.15) is 10.4 Å². The molecule has 3 aromatic rings.